The Morgan fingerprint density at radius 2 is 0.646 bits per heavy atom. The van der Waals surface area contributed by atoms with Crippen LogP contribution in [0.4, 0.5) is 8.78 Å². The molecular formula is C42H80F2O4. The molecule has 2 N–H and O–H groups in total. The zero-order valence-electron chi connectivity index (χ0n) is 32.3. The quantitative estimate of drug-likeness (QED) is 0.0638. The molecule has 0 saturated carbocycles. The van der Waals surface area contributed by atoms with Gasteiger partial charge in [-0.15, -0.1) is 0 Å². The summed E-state index contributed by atoms with van der Waals surface area (Å²) in [6.07, 6.45) is 26.5. The van der Waals surface area contributed by atoms with Crippen LogP contribution >= 0.6 is 0 Å². The standard InChI is InChI=1S/C42H80F2O4/c1-5-9-13-15-17-19-21-23-25-29-33-41(43,31-27-11-7-3)36-40(39(47)48,35-38(45)46)37-42(44,32-28-12-8-4)34-30-26-24-22-20-18-16-14-10-6-2/h5-37H2,1-4H3,(H,45,46)(H,47,48). The van der Waals surface area contributed by atoms with Gasteiger partial charge in [-0.05, 0) is 38.5 Å². The number of alkyl halides is 2. The van der Waals surface area contributed by atoms with E-state index in [0.717, 1.165) is 64.2 Å². The van der Waals surface area contributed by atoms with Crippen molar-refractivity contribution < 1.29 is 28.6 Å². The highest BCUT2D eigenvalue weighted by Gasteiger charge is 2.52. The minimum Gasteiger partial charge on any atom is -0.481 e. The molecule has 0 rings (SSSR count). The van der Waals surface area contributed by atoms with Crippen molar-refractivity contribution >= 4 is 11.9 Å². The maximum absolute atomic E-state index is 17.0. The minimum atomic E-state index is -1.97. The van der Waals surface area contributed by atoms with Crippen molar-refractivity contribution in [3.63, 3.8) is 0 Å². The summed E-state index contributed by atoms with van der Waals surface area (Å²) >= 11 is 0. The maximum Gasteiger partial charge on any atom is 0.310 e. The van der Waals surface area contributed by atoms with Gasteiger partial charge in [0.05, 0.1) is 11.8 Å². The Kier molecular flexibility index (Phi) is 28.8. The average Bonchev–Trinajstić information content (AvgIpc) is 3.02. The zero-order valence-corrected chi connectivity index (χ0v) is 32.3. The molecule has 0 bridgehead atoms. The van der Waals surface area contributed by atoms with E-state index in [4.69, 9.17) is 0 Å². The van der Waals surface area contributed by atoms with Crippen LogP contribution in [-0.4, -0.2) is 33.5 Å². The zero-order chi connectivity index (χ0) is 36.0. The first-order valence-electron chi connectivity index (χ1n) is 20.8. The van der Waals surface area contributed by atoms with E-state index in [9.17, 15) is 19.8 Å². The summed E-state index contributed by atoms with van der Waals surface area (Å²) in [6, 6.07) is 0. The summed E-state index contributed by atoms with van der Waals surface area (Å²) in [5.41, 5.74) is -5.60. The van der Waals surface area contributed by atoms with E-state index in [2.05, 4.69) is 27.7 Å². The lowest BCUT2D eigenvalue weighted by Gasteiger charge is -2.40. The second kappa shape index (κ2) is 29.5. The molecular weight excluding hydrogens is 606 g/mol. The number of halogens is 2. The van der Waals surface area contributed by atoms with E-state index in [1.165, 1.54) is 77.0 Å². The van der Waals surface area contributed by atoms with Crippen molar-refractivity contribution in [1.29, 1.82) is 0 Å². The van der Waals surface area contributed by atoms with E-state index in [0.29, 0.717) is 25.7 Å². The van der Waals surface area contributed by atoms with Gasteiger partial charge in [-0.3, -0.25) is 9.59 Å². The van der Waals surface area contributed by atoms with E-state index in [1.807, 2.05) is 0 Å². The number of hydrogen-bond donors (Lipinski definition) is 2. The number of hydrogen-bond acceptors (Lipinski definition) is 2. The van der Waals surface area contributed by atoms with Gasteiger partial charge in [0.1, 0.15) is 11.3 Å². The number of rotatable bonds is 37. The molecule has 0 aromatic rings. The summed E-state index contributed by atoms with van der Waals surface area (Å²) in [6.45, 7) is 8.54. The van der Waals surface area contributed by atoms with Crippen LogP contribution in [0.2, 0.25) is 0 Å². The molecule has 0 spiro atoms. The monoisotopic (exact) mass is 687 g/mol. The Morgan fingerprint density at radius 1 is 0.417 bits per heavy atom. The number of unbranched alkanes of at least 4 members (excludes halogenated alkanes) is 22. The lowest BCUT2D eigenvalue weighted by molar-refractivity contribution is -0.163. The predicted molar refractivity (Wildman–Crippen MR) is 200 cm³/mol. The molecule has 0 heterocycles. The Balaban J connectivity index is 5.63. The van der Waals surface area contributed by atoms with Gasteiger partial charge in [0.2, 0.25) is 0 Å². The number of carboxylic acid groups (broad SMARTS) is 2. The Morgan fingerprint density at radius 3 is 0.896 bits per heavy atom. The van der Waals surface area contributed by atoms with Gasteiger partial charge in [-0.2, -0.15) is 0 Å². The predicted octanol–water partition coefficient (Wildman–Crippen LogP) is 14.5. The van der Waals surface area contributed by atoms with Crippen LogP contribution in [0.25, 0.3) is 0 Å². The summed E-state index contributed by atoms with van der Waals surface area (Å²) in [4.78, 5) is 25.3. The van der Waals surface area contributed by atoms with Crippen LogP contribution < -0.4 is 0 Å². The van der Waals surface area contributed by atoms with Crippen LogP contribution in [0.3, 0.4) is 0 Å². The molecule has 0 radical (unpaired) electrons. The first-order valence-corrected chi connectivity index (χ1v) is 20.8. The molecule has 2 unspecified atom stereocenters. The smallest absolute Gasteiger partial charge is 0.310 e. The van der Waals surface area contributed by atoms with Crippen LogP contribution in [0.1, 0.15) is 240 Å². The van der Waals surface area contributed by atoms with Gasteiger partial charge in [0.25, 0.3) is 0 Å². The molecule has 0 saturated heterocycles. The summed E-state index contributed by atoms with van der Waals surface area (Å²) in [7, 11) is 0. The molecule has 4 nitrogen and oxygen atoms in total. The van der Waals surface area contributed by atoms with E-state index >= 15 is 8.78 Å². The molecule has 0 fully saturated rings. The van der Waals surface area contributed by atoms with E-state index in [1.54, 1.807) is 0 Å². The highest BCUT2D eigenvalue weighted by atomic mass is 19.1. The molecule has 0 aliphatic heterocycles. The van der Waals surface area contributed by atoms with Gasteiger partial charge in [0, 0.05) is 0 Å². The second-order valence-corrected chi connectivity index (χ2v) is 15.6. The van der Waals surface area contributed by atoms with E-state index < -0.39 is 48.0 Å². The van der Waals surface area contributed by atoms with Gasteiger partial charge < -0.3 is 10.2 Å². The maximum atomic E-state index is 17.0. The molecule has 0 amide bonds. The second-order valence-electron chi connectivity index (χ2n) is 15.6. The van der Waals surface area contributed by atoms with Crippen molar-refractivity contribution in [1.82, 2.24) is 0 Å². The van der Waals surface area contributed by atoms with Crippen molar-refractivity contribution in [3.8, 4) is 0 Å². The van der Waals surface area contributed by atoms with Crippen LogP contribution in [0.5, 0.6) is 0 Å². The first kappa shape index (κ1) is 46.8. The Bertz CT molecular complexity index is 729. The molecule has 48 heavy (non-hydrogen) atoms. The third-order valence-electron chi connectivity index (χ3n) is 10.7. The highest BCUT2D eigenvalue weighted by Crippen LogP contribution is 2.48. The van der Waals surface area contributed by atoms with Gasteiger partial charge in [0.15, 0.2) is 0 Å². The summed E-state index contributed by atoms with van der Waals surface area (Å²) < 4.78 is 34.0. The van der Waals surface area contributed by atoms with Crippen LogP contribution in [0, 0.1) is 5.41 Å². The number of carbonyl (C=O) groups is 2. The molecule has 2 atom stereocenters. The molecule has 0 aromatic carbocycles. The fraction of sp³-hybridized carbons (Fsp3) is 0.952. The largest absolute Gasteiger partial charge is 0.481 e. The average molecular weight is 687 g/mol. The minimum absolute atomic E-state index is 0.209. The fourth-order valence-corrected chi connectivity index (χ4v) is 7.76. The van der Waals surface area contributed by atoms with Crippen LogP contribution in [-0.2, 0) is 9.59 Å². The molecule has 0 aromatic heterocycles. The summed E-state index contributed by atoms with van der Waals surface area (Å²) in [5.74, 6) is -2.65. The van der Waals surface area contributed by atoms with Crippen molar-refractivity contribution in [3.05, 3.63) is 0 Å². The third kappa shape index (κ3) is 24.0. The Labute approximate surface area is 296 Å². The molecule has 0 aliphatic rings. The normalized spacial score (nSPS) is 15.5. The van der Waals surface area contributed by atoms with Crippen molar-refractivity contribution in [2.75, 3.05) is 0 Å². The van der Waals surface area contributed by atoms with Crippen molar-refractivity contribution in [2.45, 2.75) is 251 Å². The topological polar surface area (TPSA) is 74.6 Å². The van der Waals surface area contributed by atoms with Gasteiger partial charge in [-0.25, -0.2) is 8.78 Å². The van der Waals surface area contributed by atoms with Gasteiger partial charge >= 0.3 is 11.9 Å². The first-order chi connectivity index (χ1) is 23.0. The SMILES string of the molecule is CCCCCCCCCCCCC(F)(CCCCC)CC(CC(=O)O)(CC(F)(CCCCC)CCCCCCCCCCCC)C(=O)O. The summed E-state index contributed by atoms with van der Waals surface area (Å²) in [5, 5.41) is 20.6. The number of aliphatic carboxylic acids is 2. The number of carboxylic acids is 2. The van der Waals surface area contributed by atoms with Crippen molar-refractivity contribution in [2.24, 2.45) is 5.41 Å². The molecule has 0 aliphatic carbocycles. The Hall–Kier alpha value is -1.20. The van der Waals surface area contributed by atoms with E-state index in [-0.39, 0.29) is 25.7 Å². The van der Waals surface area contributed by atoms with Crippen LogP contribution in [0.15, 0.2) is 0 Å². The fourth-order valence-electron chi connectivity index (χ4n) is 7.76. The van der Waals surface area contributed by atoms with Gasteiger partial charge in [-0.1, -0.05) is 195 Å². The lowest BCUT2D eigenvalue weighted by Crippen LogP contribution is -2.46. The molecule has 6 heteroatoms. The lowest BCUT2D eigenvalue weighted by atomic mass is 9.66. The molecule has 286 valence electrons. The third-order valence-corrected chi connectivity index (χ3v) is 10.7. The highest BCUT2D eigenvalue weighted by molar-refractivity contribution is 5.81.